The minimum absolute atomic E-state index is 0.0748. The fourth-order valence-electron chi connectivity index (χ4n) is 8.56. The number of allylic oxidation sites excluding steroid dienone is 8. The third-order valence-corrected chi connectivity index (χ3v) is 13.1. The molecular weight excluding hydrogens is 841 g/mol. The molecule has 396 valence electrons. The van der Waals surface area contributed by atoms with E-state index in [4.69, 9.17) is 14.2 Å². The van der Waals surface area contributed by atoms with Crippen molar-refractivity contribution in [2.75, 3.05) is 13.2 Å². The molecule has 0 fully saturated rings. The second-order valence-corrected chi connectivity index (χ2v) is 19.9. The maximum Gasteiger partial charge on any atom is 0.306 e. The number of rotatable bonds is 54. The molecule has 1 atom stereocenters. The third-order valence-electron chi connectivity index (χ3n) is 13.1. The summed E-state index contributed by atoms with van der Waals surface area (Å²) >= 11 is 0. The number of carbonyl (C=O) groups excluding carboxylic acids is 3. The van der Waals surface area contributed by atoms with Gasteiger partial charge in [-0.15, -0.1) is 0 Å². The molecule has 0 amide bonds. The Balaban J connectivity index is 4.24. The second-order valence-electron chi connectivity index (χ2n) is 19.9. The molecule has 6 nitrogen and oxygen atoms in total. The van der Waals surface area contributed by atoms with Crippen LogP contribution < -0.4 is 0 Å². The Morgan fingerprint density at radius 1 is 0.294 bits per heavy atom. The molecular formula is C62H112O6. The predicted octanol–water partition coefficient (Wildman–Crippen LogP) is 19.8. The van der Waals surface area contributed by atoms with Crippen LogP contribution in [-0.4, -0.2) is 37.2 Å². The Kier molecular flexibility index (Phi) is 54.8. The number of esters is 3. The Morgan fingerprint density at radius 2 is 0.529 bits per heavy atom. The van der Waals surface area contributed by atoms with Gasteiger partial charge in [-0.2, -0.15) is 0 Å². The van der Waals surface area contributed by atoms with Crippen LogP contribution in [0.2, 0.25) is 0 Å². The van der Waals surface area contributed by atoms with Crippen LogP contribution in [0.15, 0.2) is 48.6 Å². The van der Waals surface area contributed by atoms with Gasteiger partial charge in [0.2, 0.25) is 0 Å². The van der Waals surface area contributed by atoms with Gasteiger partial charge in [-0.1, -0.05) is 256 Å². The van der Waals surface area contributed by atoms with Crippen LogP contribution in [-0.2, 0) is 28.6 Å². The first-order valence-electron chi connectivity index (χ1n) is 29.6. The van der Waals surface area contributed by atoms with Gasteiger partial charge < -0.3 is 14.2 Å². The smallest absolute Gasteiger partial charge is 0.306 e. The van der Waals surface area contributed by atoms with Gasteiger partial charge in [0.05, 0.1) is 0 Å². The van der Waals surface area contributed by atoms with Gasteiger partial charge in [0, 0.05) is 19.3 Å². The van der Waals surface area contributed by atoms with E-state index in [0.29, 0.717) is 19.3 Å². The molecule has 0 aromatic rings. The van der Waals surface area contributed by atoms with Gasteiger partial charge in [-0.05, 0) is 83.5 Å². The Hall–Kier alpha value is -2.63. The van der Waals surface area contributed by atoms with Crippen molar-refractivity contribution in [3.8, 4) is 0 Å². The summed E-state index contributed by atoms with van der Waals surface area (Å²) in [6.07, 6.45) is 69.6. The molecule has 0 heterocycles. The van der Waals surface area contributed by atoms with Crippen molar-refractivity contribution in [2.45, 2.75) is 316 Å². The minimum atomic E-state index is -0.775. The fourth-order valence-corrected chi connectivity index (χ4v) is 8.56. The van der Waals surface area contributed by atoms with Crippen LogP contribution in [0.1, 0.15) is 310 Å². The Morgan fingerprint density at radius 3 is 0.868 bits per heavy atom. The van der Waals surface area contributed by atoms with Crippen LogP contribution >= 0.6 is 0 Å². The maximum absolute atomic E-state index is 12.8. The van der Waals surface area contributed by atoms with Crippen LogP contribution in [0.4, 0.5) is 0 Å². The maximum atomic E-state index is 12.8. The summed E-state index contributed by atoms with van der Waals surface area (Å²) in [5.41, 5.74) is 0. The molecule has 68 heavy (non-hydrogen) atoms. The van der Waals surface area contributed by atoms with Gasteiger partial charge >= 0.3 is 17.9 Å². The zero-order valence-corrected chi connectivity index (χ0v) is 45.4. The SMILES string of the molecule is CCCCC/C=C\CCCCCCCC(=O)OCC(COC(=O)CCCCCCCCCCCC/C=C\C/C=C\C/C=C\CCCCCCC)OC(=O)CCCCCCCCCCCCCCC. The molecule has 0 aliphatic carbocycles. The monoisotopic (exact) mass is 953 g/mol. The van der Waals surface area contributed by atoms with E-state index in [0.717, 1.165) is 77.0 Å². The van der Waals surface area contributed by atoms with Crippen molar-refractivity contribution in [3.63, 3.8) is 0 Å². The molecule has 0 bridgehead atoms. The molecule has 1 unspecified atom stereocenters. The highest BCUT2D eigenvalue weighted by atomic mass is 16.6. The fraction of sp³-hybridized carbons (Fsp3) is 0.823. The summed E-state index contributed by atoms with van der Waals surface area (Å²) in [5.74, 6) is -0.874. The molecule has 6 heteroatoms. The first-order valence-corrected chi connectivity index (χ1v) is 29.6. The topological polar surface area (TPSA) is 78.9 Å². The molecule has 0 aromatic carbocycles. The van der Waals surface area contributed by atoms with E-state index < -0.39 is 6.10 Å². The highest BCUT2D eigenvalue weighted by molar-refractivity contribution is 5.71. The van der Waals surface area contributed by atoms with E-state index in [-0.39, 0.29) is 31.1 Å². The van der Waals surface area contributed by atoms with Crippen molar-refractivity contribution >= 4 is 17.9 Å². The third kappa shape index (κ3) is 54.3. The van der Waals surface area contributed by atoms with E-state index in [1.807, 2.05) is 0 Å². The summed E-state index contributed by atoms with van der Waals surface area (Å²) in [5, 5.41) is 0. The van der Waals surface area contributed by atoms with Gasteiger partial charge in [-0.3, -0.25) is 14.4 Å². The number of hydrogen-bond acceptors (Lipinski definition) is 6. The van der Waals surface area contributed by atoms with Crippen LogP contribution in [0, 0.1) is 0 Å². The van der Waals surface area contributed by atoms with Gasteiger partial charge in [-0.25, -0.2) is 0 Å². The molecule has 0 spiro atoms. The van der Waals surface area contributed by atoms with Gasteiger partial charge in [0.15, 0.2) is 6.10 Å². The molecule has 0 N–H and O–H groups in total. The zero-order chi connectivity index (χ0) is 49.3. The summed E-state index contributed by atoms with van der Waals surface area (Å²) in [7, 11) is 0. The molecule has 0 saturated carbocycles. The lowest BCUT2D eigenvalue weighted by Crippen LogP contribution is -2.30. The summed E-state index contributed by atoms with van der Waals surface area (Å²) in [6, 6.07) is 0. The van der Waals surface area contributed by atoms with Crippen LogP contribution in [0.5, 0.6) is 0 Å². The van der Waals surface area contributed by atoms with E-state index in [9.17, 15) is 14.4 Å². The Labute approximate surface area is 422 Å². The summed E-state index contributed by atoms with van der Waals surface area (Å²) in [6.45, 7) is 6.62. The quantitative estimate of drug-likeness (QED) is 0.0262. The molecule has 0 rings (SSSR count). The average Bonchev–Trinajstić information content (AvgIpc) is 3.34. The largest absolute Gasteiger partial charge is 0.462 e. The molecule has 0 saturated heterocycles. The molecule has 0 aliphatic heterocycles. The van der Waals surface area contributed by atoms with Crippen molar-refractivity contribution in [1.29, 1.82) is 0 Å². The first-order chi connectivity index (χ1) is 33.5. The minimum Gasteiger partial charge on any atom is -0.462 e. The zero-order valence-electron chi connectivity index (χ0n) is 45.4. The van der Waals surface area contributed by atoms with Crippen molar-refractivity contribution in [2.24, 2.45) is 0 Å². The standard InChI is InChI=1S/C62H112O6/c1-4-7-10-13-16-19-22-25-26-27-28-29-30-31-32-33-34-35-36-38-40-43-46-49-52-55-61(64)67-58-59(57-66-60(63)54-51-48-45-42-39-24-21-18-15-12-9-6-3)68-62(65)56-53-50-47-44-41-37-23-20-17-14-11-8-5-2/h18,21-22,25,27-28,30-31,59H,4-17,19-20,23-24,26,29,32-58H2,1-3H3/b21-18-,25-22-,28-27-,31-30-. The second kappa shape index (κ2) is 57.0. The highest BCUT2D eigenvalue weighted by Crippen LogP contribution is 2.16. The lowest BCUT2D eigenvalue weighted by Gasteiger charge is -2.18. The van der Waals surface area contributed by atoms with Crippen LogP contribution in [0.25, 0.3) is 0 Å². The molecule has 0 aliphatic rings. The highest BCUT2D eigenvalue weighted by Gasteiger charge is 2.19. The summed E-state index contributed by atoms with van der Waals surface area (Å²) in [4.78, 5) is 38.1. The van der Waals surface area contributed by atoms with Crippen molar-refractivity contribution < 1.29 is 28.6 Å². The van der Waals surface area contributed by atoms with E-state index in [2.05, 4.69) is 69.4 Å². The Bertz CT molecular complexity index is 1190. The predicted molar refractivity (Wildman–Crippen MR) is 293 cm³/mol. The first kappa shape index (κ1) is 65.4. The lowest BCUT2D eigenvalue weighted by molar-refractivity contribution is -0.167. The number of hydrogen-bond donors (Lipinski definition) is 0. The van der Waals surface area contributed by atoms with E-state index >= 15 is 0 Å². The lowest BCUT2D eigenvalue weighted by atomic mass is 10.0. The van der Waals surface area contributed by atoms with Gasteiger partial charge in [0.1, 0.15) is 13.2 Å². The number of ether oxygens (including phenoxy) is 3. The molecule has 0 radical (unpaired) electrons. The van der Waals surface area contributed by atoms with Crippen molar-refractivity contribution in [3.05, 3.63) is 48.6 Å². The molecule has 0 aromatic heterocycles. The number of carbonyl (C=O) groups is 3. The average molecular weight is 954 g/mol. The van der Waals surface area contributed by atoms with Crippen LogP contribution in [0.3, 0.4) is 0 Å². The van der Waals surface area contributed by atoms with E-state index in [1.54, 1.807) is 0 Å². The van der Waals surface area contributed by atoms with Crippen molar-refractivity contribution in [1.82, 2.24) is 0 Å². The normalized spacial score (nSPS) is 12.3. The van der Waals surface area contributed by atoms with E-state index in [1.165, 1.54) is 193 Å². The summed E-state index contributed by atoms with van der Waals surface area (Å²) < 4.78 is 16.9. The number of unbranched alkanes of at least 4 members (excludes halogenated alkanes) is 35. The van der Waals surface area contributed by atoms with Gasteiger partial charge in [0.25, 0.3) is 0 Å².